The van der Waals surface area contributed by atoms with Gasteiger partial charge in [-0.3, -0.25) is 9.59 Å². The Morgan fingerprint density at radius 3 is 2.08 bits per heavy atom. The molecule has 4 saturated carbocycles. The minimum absolute atomic E-state index is 0.0000529. The third-order valence-corrected chi connectivity index (χ3v) is 8.68. The summed E-state index contributed by atoms with van der Waals surface area (Å²) in [5.41, 5.74) is -0.228. The van der Waals surface area contributed by atoms with Gasteiger partial charge in [-0.2, -0.15) is 0 Å². The molecule has 5 aliphatic rings. The van der Waals surface area contributed by atoms with E-state index in [0.29, 0.717) is 30.7 Å². The summed E-state index contributed by atoms with van der Waals surface area (Å²) in [6.07, 6.45) is 7.46. The van der Waals surface area contributed by atoms with E-state index in [2.05, 4.69) is 10.6 Å². The summed E-state index contributed by atoms with van der Waals surface area (Å²) in [6.45, 7) is 0.380. The molecule has 2 N–H and O–H groups in total. The third-order valence-electron chi connectivity index (χ3n) is 6.84. The Bertz CT molecular complexity index is 637. The van der Waals surface area contributed by atoms with Crippen molar-refractivity contribution < 1.29 is 18.0 Å². The van der Waals surface area contributed by atoms with Gasteiger partial charge in [-0.1, -0.05) is 0 Å². The van der Waals surface area contributed by atoms with Crippen LogP contribution in [0.25, 0.3) is 0 Å². The zero-order valence-electron chi connectivity index (χ0n) is 14.6. The van der Waals surface area contributed by atoms with Crippen LogP contribution in [0.15, 0.2) is 0 Å². The van der Waals surface area contributed by atoms with Gasteiger partial charge < -0.3 is 10.6 Å². The highest BCUT2D eigenvalue weighted by Crippen LogP contribution is 2.60. The number of carbonyl (C=O) groups is 2. The molecule has 140 valence electrons. The summed E-state index contributed by atoms with van der Waals surface area (Å²) in [6, 6.07) is 0. The van der Waals surface area contributed by atoms with Crippen molar-refractivity contribution in [2.45, 2.75) is 44.9 Å². The van der Waals surface area contributed by atoms with Crippen LogP contribution < -0.4 is 10.6 Å². The lowest BCUT2D eigenvalue weighted by Gasteiger charge is -2.55. The van der Waals surface area contributed by atoms with Crippen LogP contribution in [0.4, 0.5) is 0 Å². The third kappa shape index (κ3) is 3.57. The zero-order chi connectivity index (χ0) is 17.7. The highest BCUT2D eigenvalue weighted by molar-refractivity contribution is 7.91. The Hall–Kier alpha value is -1.11. The van der Waals surface area contributed by atoms with Crippen LogP contribution >= 0.6 is 0 Å². The van der Waals surface area contributed by atoms with Gasteiger partial charge >= 0.3 is 0 Å². The van der Waals surface area contributed by atoms with Gasteiger partial charge in [0.05, 0.1) is 18.1 Å². The van der Waals surface area contributed by atoms with Gasteiger partial charge in [0.1, 0.15) is 0 Å². The summed E-state index contributed by atoms with van der Waals surface area (Å²) < 4.78 is 22.9. The van der Waals surface area contributed by atoms with E-state index in [-0.39, 0.29) is 41.2 Å². The second kappa shape index (κ2) is 6.25. The van der Waals surface area contributed by atoms with Gasteiger partial charge in [-0.25, -0.2) is 8.42 Å². The summed E-state index contributed by atoms with van der Waals surface area (Å²) in [5.74, 6) is 2.34. The first-order valence-corrected chi connectivity index (χ1v) is 11.4. The molecule has 0 spiro atoms. The Labute approximate surface area is 149 Å². The standard InChI is InChI=1S/C18H28N2O4S/c21-16(19-9-12-1-2-25(23,24)11-12)10-20-17(22)18-6-13-3-14(7-18)5-15(4-13)8-18/h12-15H,1-11H2,(H,19,21)(H,20,22). The fourth-order valence-corrected chi connectivity index (χ4v) is 7.95. The Morgan fingerprint density at radius 2 is 1.56 bits per heavy atom. The van der Waals surface area contributed by atoms with Gasteiger partial charge in [-0.05, 0) is 68.6 Å². The van der Waals surface area contributed by atoms with Crippen molar-refractivity contribution in [1.29, 1.82) is 0 Å². The maximum Gasteiger partial charge on any atom is 0.239 e. The lowest BCUT2D eigenvalue weighted by atomic mass is 9.49. The first kappa shape index (κ1) is 17.3. The molecular weight excluding hydrogens is 340 g/mol. The molecule has 6 nitrogen and oxygen atoms in total. The second-order valence-electron chi connectivity index (χ2n) is 8.95. The smallest absolute Gasteiger partial charge is 0.239 e. The van der Waals surface area contributed by atoms with Crippen LogP contribution in [0.1, 0.15) is 44.9 Å². The Kier molecular flexibility index (Phi) is 4.33. The molecule has 0 aromatic rings. The van der Waals surface area contributed by atoms with Crippen molar-refractivity contribution in [3.63, 3.8) is 0 Å². The highest BCUT2D eigenvalue weighted by atomic mass is 32.2. The van der Waals surface area contributed by atoms with Gasteiger partial charge in [-0.15, -0.1) is 0 Å². The second-order valence-corrected chi connectivity index (χ2v) is 11.2. The normalized spacial score (nSPS) is 40.8. The van der Waals surface area contributed by atoms with Gasteiger partial charge in [0.15, 0.2) is 9.84 Å². The number of carbonyl (C=O) groups excluding carboxylic acids is 2. The predicted molar refractivity (Wildman–Crippen MR) is 93.4 cm³/mol. The van der Waals surface area contributed by atoms with Crippen LogP contribution in [0.5, 0.6) is 0 Å². The van der Waals surface area contributed by atoms with E-state index in [1.54, 1.807) is 0 Å². The van der Waals surface area contributed by atoms with Crippen LogP contribution in [-0.2, 0) is 19.4 Å². The van der Waals surface area contributed by atoms with Crippen molar-refractivity contribution in [2.24, 2.45) is 29.1 Å². The van der Waals surface area contributed by atoms with Crippen molar-refractivity contribution in [3.05, 3.63) is 0 Å². The average molecular weight is 368 g/mol. The van der Waals surface area contributed by atoms with Crippen LogP contribution in [0, 0.1) is 29.1 Å². The summed E-state index contributed by atoms with van der Waals surface area (Å²) in [4.78, 5) is 24.8. The number of rotatable bonds is 5. The van der Waals surface area contributed by atoms with Crippen LogP contribution in [0.3, 0.4) is 0 Å². The van der Waals surface area contributed by atoms with Crippen molar-refractivity contribution in [3.8, 4) is 0 Å². The van der Waals surface area contributed by atoms with Crippen LogP contribution in [-0.4, -0.2) is 44.8 Å². The molecule has 4 aliphatic carbocycles. The molecule has 7 heteroatoms. The van der Waals surface area contributed by atoms with Crippen molar-refractivity contribution in [1.82, 2.24) is 10.6 Å². The number of hydrogen-bond acceptors (Lipinski definition) is 4. The molecule has 5 fully saturated rings. The minimum Gasteiger partial charge on any atom is -0.354 e. The summed E-state index contributed by atoms with van der Waals surface area (Å²) in [7, 11) is -2.92. The fourth-order valence-electron chi connectivity index (χ4n) is 6.09. The molecule has 1 unspecified atom stereocenters. The van der Waals surface area contributed by atoms with Crippen molar-refractivity contribution in [2.75, 3.05) is 24.6 Å². The molecule has 1 atom stereocenters. The van der Waals surface area contributed by atoms with Crippen LogP contribution in [0.2, 0.25) is 0 Å². The number of nitrogens with one attached hydrogen (secondary N) is 2. The highest BCUT2D eigenvalue weighted by Gasteiger charge is 2.54. The molecule has 5 rings (SSSR count). The summed E-state index contributed by atoms with van der Waals surface area (Å²) in [5, 5.41) is 5.64. The SMILES string of the molecule is O=C(CNC(=O)C12CC3CC(CC(C3)C1)C2)NCC1CCS(=O)(=O)C1. The molecule has 1 saturated heterocycles. The fraction of sp³-hybridized carbons (Fsp3) is 0.889. The maximum absolute atomic E-state index is 12.8. The minimum atomic E-state index is -2.92. The van der Waals surface area contributed by atoms with Gasteiger partial charge in [0.2, 0.25) is 11.8 Å². The maximum atomic E-state index is 12.8. The largest absolute Gasteiger partial charge is 0.354 e. The predicted octanol–water partition coefficient (Wildman–Crippen LogP) is 0.870. The van der Waals surface area contributed by atoms with Crippen molar-refractivity contribution >= 4 is 21.7 Å². The molecule has 0 radical (unpaired) electrons. The molecule has 25 heavy (non-hydrogen) atoms. The molecule has 1 heterocycles. The van der Waals surface area contributed by atoms with E-state index >= 15 is 0 Å². The monoisotopic (exact) mass is 368 g/mol. The molecule has 2 amide bonds. The van der Waals surface area contributed by atoms with Gasteiger partial charge in [0.25, 0.3) is 0 Å². The zero-order valence-corrected chi connectivity index (χ0v) is 15.4. The lowest BCUT2D eigenvalue weighted by molar-refractivity contribution is -0.147. The number of sulfone groups is 1. The molecule has 1 aliphatic heterocycles. The van der Waals surface area contributed by atoms with E-state index in [4.69, 9.17) is 0 Å². The Morgan fingerprint density at radius 1 is 0.960 bits per heavy atom. The molecular formula is C18H28N2O4S. The van der Waals surface area contributed by atoms with E-state index in [9.17, 15) is 18.0 Å². The lowest BCUT2D eigenvalue weighted by Crippen LogP contribution is -2.54. The summed E-state index contributed by atoms with van der Waals surface area (Å²) >= 11 is 0. The number of amides is 2. The van der Waals surface area contributed by atoms with E-state index in [1.807, 2.05) is 0 Å². The molecule has 4 bridgehead atoms. The van der Waals surface area contributed by atoms with E-state index < -0.39 is 9.84 Å². The molecule has 0 aromatic heterocycles. The average Bonchev–Trinajstić information content (AvgIpc) is 2.88. The number of hydrogen-bond donors (Lipinski definition) is 2. The van der Waals surface area contributed by atoms with E-state index in [1.165, 1.54) is 19.3 Å². The molecule has 0 aromatic carbocycles. The first-order chi connectivity index (χ1) is 11.8. The quantitative estimate of drug-likeness (QED) is 0.753. The Balaban J connectivity index is 1.24. The first-order valence-electron chi connectivity index (χ1n) is 9.59. The van der Waals surface area contributed by atoms with E-state index in [0.717, 1.165) is 19.3 Å². The van der Waals surface area contributed by atoms with Gasteiger partial charge in [0, 0.05) is 12.0 Å². The topological polar surface area (TPSA) is 92.3 Å².